The minimum atomic E-state index is -0.0903. The molecule has 0 fully saturated rings. The van der Waals surface area contributed by atoms with Crippen molar-refractivity contribution < 1.29 is 14.3 Å². The number of carbonyl (C=O) groups excluding carboxylic acids is 1. The first-order valence-electron chi connectivity index (χ1n) is 7.52. The van der Waals surface area contributed by atoms with E-state index in [-0.39, 0.29) is 12.3 Å². The molecule has 1 amide bonds. The van der Waals surface area contributed by atoms with Gasteiger partial charge in [-0.2, -0.15) is 0 Å². The molecule has 0 aliphatic carbocycles. The normalized spacial score (nSPS) is 10.3. The highest BCUT2D eigenvalue weighted by atomic mass is 35.5. The van der Waals surface area contributed by atoms with Gasteiger partial charge in [0.05, 0.1) is 19.6 Å². The van der Waals surface area contributed by atoms with Crippen LogP contribution in [0.2, 0.25) is 5.02 Å². The van der Waals surface area contributed by atoms with Gasteiger partial charge in [0.2, 0.25) is 5.91 Å². The quantitative estimate of drug-likeness (QED) is 0.784. The van der Waals surface area contributed by atoms with Crippen molar-refractivity contribution >= 4 is 23.2 Å². The fraction of sp³-hybridized carbons (Fsp3) is 0.278. The third kappa shape index (κ3) is 6.30. The van der Waals surface area contributed by atoms with Crippen molar-refractivity contribution in [3.05, 3.63) is 59.1 Å². The zero-order chi connectivity index (χ0) is 16.5. The van der Waals surface area contributed by atoms with Crippen LogP contribution in [-0.4, -0.2) is 19.1 Å². The number of hydrogen-bond donors (Lipinski definition) is 1. The summed E-state index contributed by atoms with van der Waals surface area (Å²) in [4.78, 5) is 11.9. The number of halogens is 1. The van der Waals surface area contributed by atoms with Gasteiger partial charge in [0, 0.05) is 17.3 Å². The van der Waals surface area contributed by atoms with Crippen LogP contribution in [0.15, 0.2) is 48.5 Å². The molecule has 0 saturated carbocycles. The Morgan fingerprint density at radius 3 is 2.70 bits per heavy atom. The van der Waals surface area contributed by atoms with E-state index >= 15 is 0 Å². The fourth-order valence-electron chi connectivity index (χ4n) is 1.97. The Kier molecular flexibility index (Phi) is 6.91. The molecule has 0 aromatic heterocycles. The van der Waals surface area contributed by atoms with E-state index in [1.54, 1.807) is 24.3 Å². The van der Waals surface area contributed by atoms with E-state index < -0.39 is 0 Å². The lowest BCUT2D eigenvalue weighted by atomic mass is 10.2. The smallest absolute Gasteiger partial charge is 0.227 e. The Morgan fingerprint density at radius 1 is 1.17 bits per heavy atom. The predicted octanol–water partition coefficient (Wildman–Crippen LogP) is 4.28. The van der Waals surface area contributed by atoms with Crippen molar-refractivity contribution in [1.29, 1.82) is 0 Å². The molecule has 5 heteroatoms. The molecule has 0 bridgehead atoms. The van der Waals surface area contributed by atoms with Crippen LogP contribution in [-0.2, 0) is 16.1 Å². The number of nitrogens with one attached hydrogen (secondary N) is 1. The zero-order valence-electron chi connectivity index (χ0n) is 13.0. The Labute approximate surface area is 141 Å². The van der Waals surface area contributed by atoms with E-state index in [2.05, 4.69) is 5.32 Å². The van der Waals surface area contributed by atoms with Crippen molar-refractivity contribution in [3.63, 3.8) is 0 Å². The summed E-state index contributed by atoms with van der Waals surface area (Å²) in [7, 11) is 0. The first-order valence-corrected chi connectivity index (χ1v) is 7.90. The minimum absolute atomic E-state index is 0.0903. The summed E-state index contributed by atoms with van der Waals surface area (Å²) in [5.74, 6) is 0.605. The largest absolute Gasteiger partial charge is 0.493 e. The Hall–Kier alpha value is -2.04. The molecule has 2 aromatic rings. The number of amides is 1. The monoisotopic (exact) mass is 333 g/mol. The summed E-state index contributed by atoms with van der Waals surface area (Å²) in [5, 5.41) is 3.51. The maximum Gasteiger partial charge on any atom is 0.227 e. The van der Waals surface area contributed by atoms with Gasteiger partial charge in [-0.3, -0.25) is 4.79 Å². The van der Waals surface area contributed by atoms with Crippen LogP contribution in [0.3, 0.4) is 0 Å². The van der Waals surface area contributed by atoms with Gasteiger partial charge in [-0.1, -0.05) is 23.7 Å². The van der Waals surface area contributed by atoms with Crippen molar-refractivity contribution in [2.45, 2.75) is 20.0 Å². The lowest BCUT2D eigenvalue weighted by molar-refractivity contribution is -0.116. The second kappa shape index (κ2) is 9.18. The average Bonchev–Trinajstić information content (AvgIpc) is 2.55. The number of carbonyl (C=O) groups is 1. The topological polar surface area (TPSA) is 47.6 Å². The highest BCUT2D eigenvalue weighted by Crippen LogP contribution is 2.16. The molecule has 0 heterocycles. The molecule has 4 nitrogen and oxygen atoms in total. The van der Waals surface area contributed by atoms with Gasteiger partial charge in [-0.25, -0.2) is 0 Å². The van der Waals surface area contributed by atoms with Crippen molar-refractivity contribution in [1.82, 2.24) is 0 Å². The Bertz CT molecular complexity index is 628. The molecule has 0 radical (unpaired) electrons. The summed E-state index contributed by atoms with van der Waals surface area (Å²) < 4.78 is 10.9. The lowest BCUT2D eigenvalue weighted by Crippen LogP contribution is -2.15. The van der Waals surface area contributed by atoms with Gasteiger partial charge in [0.1, 0.15) is 5.75 Å². The van der Waals surface area contributed by atoms with E-state index in [4.69, 9.17) is 21.1 Å². The van der Waals surface area contributed by atoms with Gasteiger partial charge in [0.15, 0.2) is 0 Å². The third-order valence-electron chi connectivity index (χ3n) is 3.10. The van der Waals surface area contributed by atoms with Crippen LogP contribution >= 0.6 is 11.6 Å². The number of anilines is 1. The molecule has 0 aliphatic heterocycles. The zero-order valence-corrected chi connectivity index (χ0v) is 13.8. The van der Waals surface area contributed by atoms with Crippen LogP contribution in [0.5, 0.6) is 5.75 Å². The second-order valence-corrected chi connectivity index (χ2v) is 5.37. The van der Waals surface area contributed by atoms with Crippen LogP contribution in [0, 0.1) is 0 Å². The van der Waals surface area contributed by atoms with Gasteiger partial charge in [-0.05, 0) is 48.9 Å². The number of ether oxygens (including phenoxy) is 2. The summed E-state index contributed by atoms with van der Waals surface area (Å²) in [6.07, 6.45) is 0.276. The molecule has 23 heavy (non-hydrogen) atoms. The molecular weight excluding hydrogens is 314 g/mol. The van der Waals surface area contributed by atoms with E-state index in [9.17, 15) is 4.79 Å². The molecular formula is C18H20ClNO3. The molecule has 2 aromatic carbocycles. The van der Waals surface area contributed by atoms with Crippen LogP contribution in [0.25, 0.3) is 0 Å². The highest BCUT2D eigenvalue weighted by Gasteiger charge is 2.04. The molecule has 0 unspecified atom stereocenters. The van der Waals surface area contributed by atoms with E-state index in [0.29, 0.717) is 30.6 Å². The third-order valence-corrected chi connectivity index (χ3v) is 3.35. The lowest BCUT2D eigenvalue weighted by Gasteiger charge is -2.09. The average molecular weight is 334 g/mol. The second-order valence-electron chi connectivity index (χ2n) is 4.94. The standard InChI is InChI=1S/C18H20ClNO3/c1-2-22-13-14-4-3-5-16(12-14)20-18(21)10-11-23-17-8-6-15(19)7-9-17/h3-9,12H,2,10-11,13H2,1H3,(H,20,21). The van der Waals surface area contributed by atoms with Crippen molar-refractivity contribution in [2.75, 3.05) is 18.5 Å². The van der Waals surface area contributed by atoms with Gasteiger partial charge >= 0.3 is 0 Å². The Balaban J connectivity index is 1.77. The summed E-state index contributed by atoms with van der Waals surface area (Å²) in [6, 6.07) is 14.7. The first kappa shape index (κ1) is 17.3. The summed E-state index contributed by atoms with van der Waals surface area (Å²) in [5.41, 5.74) is 1.79. The van der Waals surface area contributed by atoms with Crippen LogP contribution < -0.4 is 10.1 Å². The van der Waals surface area contributed by atoms with Gasteiger partial charge < -0.3 is 14.8 Å². The molecule has 0 spiro atoms. The highest BCUT2D eigenvalue weighted by molar-refractivity contribution is 6.30. The number of rotatable bonds is 8. The maximum absolute atomic E-state index is 11.9. The molecule has 0 aliphatic rings. The summed E-state index contributed by atoms with van der Waals surface area (Å²) in [6.45, 7) is 3.47. The SMILES string of the molecule is CCOCc1cccc(NC(=O)CCOc2ccc(Cl)cc2)c1. The number of benzene rings is 2. The minimum Gasteiger partial charge on any atom is -0.493 e. The Morgan fingerprint density at radius 2 is 1.96 bits per heavy atom. The van der Waals surface area contributed by atoms with Crippen LogP contribution in [0.4, 0.5) is 5.69 Å². The van der Waals surface area contributed by atoms with Gasteiger partial charge in [0.25, 0.3) is 0 Å². The molecule has 0 saturated heterocycles. The van der Waals surface area contributed by atoms with Crippen molar-refractivity contribution in [3.8, 4) is 5.75 Å². The van der Waals surface area contributed by atoms with E-state index in [1.165, 1.54) is 0 Å². The first-order chi connectivity index (χ1) is 11.2. The fourth-order valence-corrected chi connectivity index (χ4v) is 2.10. The van der Waals surface area contributed by atoms with Crippen molar-refractivity contribution in [2.24, 2.45) is 0 Å². The van der Waals surface area contributed by atoms with E-state index in [1.807, 2.05) is 31.2 Å². The molecule has 2 rings (SSSR count). The predicted molar refractivity (Wildman–Crippen MR) is 92.0 cm³/mol. The van der Waals surface area contributed by atoms with E-state index in [0.717, 1.165) is 11.3 Å². The molecule has 1 N–H and O–H groups in total. The molecule has 122 valence electrons. The molecule has 0 atom stereocenters. The van der Waals surface area contributed by atoms with Gasteiger partial charge in [-0.15, -0.1) is 0 Å². The summed E-state index contributed by atoms with van der Waals surface area (Å²) >= 11 is 5.80. The van der Waals surface area contributed by atoms with Crippen LogP contribution in [0.1, 0.15) is 18.9 Å². The maximum atomic E-state index is 11.9. The number of hydrogen-bond acceptors (Lipinski definition) is 3.